The number of nitrogens with one attached hydrogen (secondary N) is 1. The van der Waals surface area contributed by atoms with Gasteiger partial charge in [-0.25, -0.2) is 9.18 Å². The summed E-state index contributed by atoms with van der Waals surface area (Å²) in [6.45, 7) is 0. The Kier molecular flexibility index (Phi) is 2.31. The Morgan fingerprint density at radius 1 is 1.29 bits per heavy atom. The number of aromatic nitrogens is 2. The Balaban J connectivity index is 2.36. The lowest BCUT2D eigenvalue weighted by atomic mass is 10.3. The van der Waals surface area contributed by atoms with E-state index in [2.05, 4.69) is 4.98 Å². The number of imidazole rings is 1. The summed E-state index contributed by atoms with van der Waals surface area (Å²) in [5, 5.41) is 0.706. The summed E-state index contributed by atoms with van der Waals surface area (Å²) in [5.41, 5.74) is 0.804. The second kappa shape index (κ2) is 3.72. The van der Waals surface area contributed by atoms with Crippen LogP contribution in [0.25, 0.3) is 16.0 Å². The van der Waals surface area contributed by atoms with Crippen LogP contribution in [0.15, 0.2) is 35.1 Å². The lowest BCUT2D eigenvalue weighted by Crippen LogP contribution is -2.13. The number of rotatable bonds is 1. The summed E-state index contributed by atoms with van der Waals surface area (Å²) in [6, 6.07) is 7.65. The minimum absolute atomic E-state index is 0.302. The van der Waals surface area contributed by atoms with Crippen molar-refractivity contribution in [1.29, 1.82) is 0 Å². The highest BCUT2D eigenvalue weighted by molar-refractivity contribution is 7.18. The SMILES string of the molecule is O=c1[nH]c2cc(F)ccc2n1-c1ccc(Cl)s1. The summed E-state index contributed by atoms with van der Waals surface area (Å²) in [7, 11) is 0. The van der Waals surface area contributed by atoms with E-state index in [1.165, 1.54) is 28.0 Å². The lowest BCUT2D eigenvalue weighted by molar-refractivity contribution is 0.629. The third-order valence-electron chi connectivity index (χ3n) is 2.42. The van der Waals surface area contributed by atoms with E-state index in [1.807, 2.05) is 0 Å². The van der Waals surface area contributed by atoms with Crippen LogP contribution in [0.4, 0.5) is 4.39 Å². The average Bonchev–Trinajstić information content (AvgIpc) is 2.80. The van der Waals surface area contributed by atoms with Gasteiger partial charge in [0.05, 0.1) is 15.4 Å². The van der Waals surface area contributed by atoms with E-state index >= 15 is 0 Å². The van der Waals surface area contributed by atoms with Gasteiger partial charge in [0.15, 0.2) is 0 Å². The number of H-pyrrole nitrogens is 1. The van der Waals surface area contributed by atoms with Gasteiger partial charge in [-0.05, 0) is 30.3 Å². The third-order valence-corrected chi connectivity index (χ3v) is 3.64. The zero-order valence-corrected chi connectivity index (χ0v) is 9.98. The van der Waals surface area contributed by atoms with Crippen LogP contribution in [0, 0.1) is 5.82 Å². The Labute approximate surface area is 104 Å². The quantitative estimate of drug-likeness (QED) is 0.723. The van der Waals surface area contributed by atoms with Gasteiger partial charge in [-0.1, -0.05) is 11.6 Å². The number of hydrogen-bond acceptors (Lipinski definition) is 2. The number of hydrogen-bond donors (Lipinski definition) is 1. The molecule has 0 saturated heterocycles. The Hall–Kier alpha value is -1.59. The number of halogens is 2. The zero-order valence-electron chi connectivity index (χ0n) is 8.41. The molecule has 0 amide bonds. The number of nitrogens with zero attached hydrogens (tertiary/aromatic N) is 1. The average molecular weight is 269 g/mol. The largest absolute Gasteiger partial charge is 0.331 e. The van der Waals surface area contributed by atoms with Gasteiger partial charge in [0.25, 0.3) is 0 Å². The smallest absolute Gasteiger partial charge is 0.305 e. The van der Waals surface area contributed by atoms with Gasteiger partial charge in [0.1, 0.15) is 10.8 Å². The van der Waals surface area contributed by atoms with Crippen molar-refractivity contribution in [3.63, 3.8) is 0 Å². The molecule has 0 aliphatic carbocycles. The molecule has 86 valence electrons. The van der Waals surface area contributed by atoms with Crippen molar-refractivity contribution in [2.45, 2.75) is 0 Å². The fraction of sp³-hybridized carbons (Fsp3) is 0. The van der Waals surface area contributed by atoms with Crippen LogP contribution in [-0.2, 0) is 0 Å². The molecule has 0 aliphatic heterocycles. The highest BCUT2D eigenvalue weighted by Crippen LogP contribution is 2.26. The van der Waals surface area contributed by atoms with E-state index in [4.69, 9.17) is 11.6 Å². The standard InChI is InChI=1S/C11H6ClFN2OS/c12-9-3-4-10(17-9)15-8-2-1-6(13)5-7(8)14-11(15)16/h1-5H,(H,14,16). The summed E-state index contributed by atoms with van der Waals surface area (Å²) >= 11 is 7.13. The van der Waals surface area contributed by atoms with Crippen molar-refractivity contribution in [2.24, 2.45) is 0 Å². The maximum Gasteiger partial charge on any atom is 0.331 e. The van der Waals surface area contributed by atoms with Gasteiger partial charge in [-0.3, -0.25) is 4.57 Å². The normalized spacial score (nSPS) is 11.2. The number of aromatic amines is 1. The summed E-state index contributed by atoms with van der Waals surface area (Å²) < 4.78 is 15.1. The van der Waals surface area contributed by atoms with Crippen LogP contribution in [0.3, 0.4) is 0 Å². The molecule has 0 spiro atoms. The van der Waals surface area contributed by atoms with Crippen LogP contribution in [0.2, 0.25) is 4.34 Å². The van der Waals surface area contributed by atoms with Gasteiger partial charge < -0.3 is 4.98 Å². The van der Waals surface area contributed by atoms with Crippen LogP contribution in [-0.4, -0.2) is 9.55 Å². The first kappa shape index (κ1) is 10.6. The Morgan fingerprint density at radius 2 is 2.12 bits per heavy atom. The molecule has 0 bridgehead atoms. The third kappa shape index (κ3) is 1.67. The molecular formula is C11H6ClFN2OS. The van der Waals surface area contributed by atoms with E-state index in [0.29, 0.717) is 20.4 Å². The molecule has 17 heavy (non-hydrogen) atoms. The molecular weight excluding hydrogens is 263 g/mol. The highest BCUT2D eigenvalue weighted by atomic mass is 35.5. The van der Waals surface area contributed by atoms with Crippen molar-refractivity contribution < 1.29 is 4.39 Å². The van der Waals surface area contributed by atoms with Crippen LogP contribution >= 0.6 is 22.9 Å². The van der Waals surface area contributed by atoms with Crippen molar-refractivity contribution >= 4 is 34.0 Å². The predicted molar refractivity (Wildman–Crippen MR) is 66.7 cm³/mol. The molecule has 0 aliphatic rings. The Morgan fingerprint density at radius 3 is 2.82 bits per heavy atom. The minimum atomic E-state index is -0.380. The lowest BCUT2D eigenvalue weighted by Gasteiger charge is -1.98. The second-order valence-electron chi connectivity index (χ2n) is 3.50. The molecule has 3 rings (SSSR count). The molecule has 3 nitrogen and oxygen atoms in total. The molecule has 1 aromatic carbocycles. The summed E-state index contributed by atoms with van der Waals surface area (Å²) in [5.74, 6) is -0.380. The number of thiophene rings is 1. The number of benzene rings is 1. The van der Waals surface area contributed by atoms with Gasteiger partial charge in [0.2, 0.25) is 0 Å². The molecule has 0 unspecified atom stereocenters. The first-order valence-corrected chi connectivity index (χ1v) is 6.00. The van der Waals surface area contributed by atoms with Crippen molar-refractivity contribution in [1.82, 2.24) is 9.55 Å². The van der Waals surface area contributed by atoms with E-state index in [0.717, 1.165) is 0 Å². The van der Waals surface area contributed by atoms with Gasteiger partial charge >= 0.3 is 5.69 Å². The van der Waals surface area contributed by atoms with Gasteiger partial charge in [0, 0.05) is 0 Å². The first-order valence-electron chi connectivity index (χ1n) is 4.81. The zero-order chi connectivity index (χ0) is 12.0. The maximum absolute atomic E-state index is 13.0. The fourth-order valence-corrected chi connectivity index (χ4v) is 2.77. The summed E-state index contributed by atoms with van der Waals surface area (Å²) in [4.78, 5) is 14.4. The predicted octanol–water partition coefficient (Wildman–Crippen LogP) is 3.17. The van der Waals surface area contributed by atoms with Crippen molar-refractivity contribution in [3.8, 4) is 5.00 Å². The molecule has 0 fully saturated rings. The molecule has 0 atom stereocenters. The summed E-state index contributed by atoms with van der Waals surface area (Å²) in [6.07, 6.45) is 0. The maximum atomic E-state index is 13.0. The molecule has 2 heterocycles. The molecule has 0 saturated carbocycles. The molecule has 0 radical (unpaired) electrons. The van der Waals surface area contributed by atoms with E-state index in [-0.39, 0.29) is 11.5 Å². The first-order chi connectivity index (χ1) is 8.15. The highest BCUT2D eigenvalue weighted by Gasteiger charge is 2.10. The molecule has 3 aromatic rings. The number of fused-ring (bicyclic) bond motifs is 1. The van der Waals surface area contributed by atoms with Crippen molar-refractivity contribution in [3.05, 3.63) is 51.0 Å². The van der Waals surface area contributed by atoms with Crippen LogP contribution < -0.4 is 5.69 Å². The Bertz CT molecular complexity index is 758. The van der Waals surface area contributed by atoms with E-state index in [1.54, 1.807) is 18.2 Å². The van der Waals surface area contributed by atoms with Crippen molar-refractivity contribution in [2.75, 3.05) is 0 Å². The van der Waals surface area contributed by atoms with Gasteiger partial charge in [-0.2, -0.15) is 0 Å². The molecule has 6 heteroatoms. The van der Waals surface area contributed by atoms with E-state index in [9.17, 15) is 9.18 Å². The molecule has 2 aromatic heterocycles. The minimum Gasteiger partial charge on any atom is -0.305 e. The topological polar surface area (TPSA) is 37.8 Å². The van der Waals surface area contributed by atoms with Crippen LogP contribution in [0.5, 0.6) is 0 Å². The van der Waals surface area contributed by atoms with E-state index < -0.39 is 0 Å². The van der Waals surface area contributed by atoms with Crippen LogP contribution in [0.1, 0.15) is 0 Å². The monoisotopic (exact) mass is 268 g/mol. The second-order valence-corrected chi connectivity index (χ2v) is 5.20. The fourth-order valence-electron chi connectivity index (χ4n) is 1.73. The van der Waals surface area contributed by atoms with Gasteiger partial charge in [-0.15, -0.1) is 11.3 Å². The molecule has 1 N–H and O–H groups in total.